The predicted octanol–water partition coefficient (Wildman–Crippen LogP) is 7.22. The maximum atomic E-state index is 9.21. The van der Waals surface area contributed by atoms with Crippen LogP contribution in [0.25, 0.3) is 0 Å². The Hall–Kier alpha value is -0.439. The summed E-state index contributed by atoms with van der Waals surface area (Å²) in [5.41, 5.74) is -3.47. The monoisotopic (exact) mass is 734 g/mol. The van der Waals surface area contributed by atoms with E-state index in [-0.39, 0.29) is 71.1 Å². The molecule has 0 amide bonds. The van der Waals surface area contributed by atoms with Gasteiger partial charge in [0.25, 0.3) is 0 Å². The molecular weight excluding hydrogens is 672 g/mol. The molecule has 0 bridgehead atoms. The Balaban J connectivity index is -0.0000000785. The fraction of sp³-hybridized carbons (Fsp3) is 0.778. The first-order chi connectivity index (χ1) is 16.8. The number of aliphatic hydroxyl groups is 4. The second kappa shape index (κ2) is 22.1. The third kappa shape index (κ3) is 85.6. The molecule has 0 saturated heterocycles. The van der Waals surface area contributed by atoms with Gasteiger partial charge in [0.1, 0.15) is 22.4 Å². The molecule has 0 aromatic rings. The fourth-order valence-electron chi connectivity index (χ4n) is 1.36. The van der Waals surface area contributed by atoms with Gasteiger partial charge < -0.3 is 20.4 Å². The van der Waals surface area contributed by atoms with Gasteiger partial charge in [-0.1, -0.05) is 47.4 Å². The van der Waals surface area contributed by atoms with Gasteiger partial charge in [-0.3, -0.25) is 0 Å². The van der Waals surface area contributed by atoms with Crippen molar-refractivity contribution < 1.29 is 69.9 Å². The summed E-state index contributed by atoms with van der Waals surface area (Å²) in [4.78, 5) is 0. The summed E-state index contributed by atoms with van der Waals surface area (Å²) < 4.78 is 0. The molecule has 0 radical (unpaired) electrons. The standard InChI is InChI=1S/4C9H16O.3Ni/c4*1-8(2,3)6-7-9(4,5)10;;;/h4*10H,1-5H3;;;. The van der Waals surface area contributed by atoms with Crippen molar-refractivity contribution in [2.45, 2.75) is 161 Å². The van der Waals surface area contributed by atoms with Crippen LogP contribution in [0.4, 0.5) is 0 Å². The van der Waals surface area contributed by atoms with Crippen molar-refractivity contribution in [2.24, 2.45) is 21.7 Å². The SMILES string of the molecule is CC(C)(C)C#CC(C)(C)O.CC(C)(C)C#CC(C)(C)O.CC(C)(C)C#CC(C)(C)O.CC(C)(C)C#CC(C)(C)O.[Ni].[Ni].[Ni]. The van der Waals surface area contributed by atoms with E-state index in [1.807, 2.05) is 83.1 Å². The molecule has 0 fully saturated rings. The normalized spacial score (nSPS) is 11.3. The maximum absolute atomic E-state index is 9.21. The van der Waals surface area contributed by atoms with Gasteiger partial charge >= 0.3 is 0 Å². The molecule has 0 unspecified atom stereocenters. The van der Waals surface area contributed by atoms with Gasteiger partial charge in [-0.05, 0) is 138 Å². The van der Waals surface area contributed by atoms with E-state index >= 15 is 0 Å². The molecule has 0 aromatic carbocycles. The van der Waals surface area contributed by atoms with E-state index in [2.05, 4.69) is 47.4 Å². The van der Waals surface area contributed by atoms with Crippen molar-refractivity contribution in [3.8, 4) is 47.4 Å². The largest absolute Gasteiger partial charge is 0.378 e. The first-order valence-electron chi connectivity index (χ1n) is 13.9. The molecule has 262 valence electrons. The molecule has 0 atom stereocenters. The molecule has 0 rings (SSSR count). The molecule has 0 aliphatic carbocycles. The van der Waals surface area contributed by atoms with E-state index in [4.69, 9.17) is 0 Å². The Kier molecular flexibility index (Phi) is 29.9. The molecule has 0 aliphatic heterocycles. The van der Waals surface area contributed by atoms with Gasteiger partial charge in [0.05, 0.1) is 0 Å². The zero-order valence-corrected chi connectivity index (χ0v) is 33.7. The smallest absolute Gasteiger partial charge is 0.119 e. The molecule has 4 nitrogen and oxygen atoms in total. The molecule has 0 aromatic heterocycles. The Labute approximate surface area is 298 Å². The van der Waals surface area contributed by atoms with E-state index < -0.39 is 22.4 Å². The molecule has 0 saturated carbocycles. The molecular formula is C36H64Ni3O4. The molecule has 43 heavy (non-hydrogen) atoms. The van der Waals surface area contributed by atoms with Crippen LogP contribution in [0.3, 0.4) is 0 Å². The summed E-state index contributed by atoms with van der Waals surface area (Å²) >= 11 is 0. The van der Waals surface area contributed by atoms with Crippen molar-refractivity contribution in [3.63, 3.8) is 0 Å². The summed E-state index contributed by atoms with van der Waals surface area (Å²) in [5.74, 6) is 22.9. The molecule has 4 N–H and O–H groups in total. The average Bonchev–Trinajstić information content (AvgIpc) is 2.59. The van der Waals surface area contributed by atoms with Crippen LogP contribution in [0, 0.1) is 69.0 Å². The maximum Gasteiger partial charge on any atom is 0.119 e. The number of hydrogen-bond acceptors (Lipinski definition) is 4. The summed E-state index contributed by atoms with van der Waals surface area (Å²) in [6.07, 6.45) is 0. The van der Waals surface area contributed by atoms with Gasteiger partial charge in [-0.25, -0.2) is 0 Å². The van der Waals surface area contributed by atoms with Crippen LogP contribution in [0.1, 0.15) is 138 Å². The Morgan fingerprint density at radius 2 is 0.326 bits per heavy atom. The van der Waals surface area contributed by atoms with Crippen LogP contribution >= 0.6 is 0 Å². The van der Waals surface area contributed by atoms with E-state index in [0.717, 1.165) is 0 Å². The van der Waals surface area contributed by atoms with E-state index in [0.29, 0.717) is 0 Å². The quantitative estimate of drug-likeness (QED) is 0.157. The van der Waals surface area contributed by atoms with E-state index in [1.54, 1.807) is 55.4 Å². The number of rotatable bonds is 0. The van der Waals surface area contributed by atoms with Crippen LogP contribution in [-0.2, 0) is 49.5 Å². The zero-order chi connectivity index (χ0) is 33.7. The van der Waals surface area contributed by atoms with Crippen molar-refractivity contribution in [3.05, 3.63) is 0 Å². The van der Waals surface area contributed by atoms with Crippen molar-refractivity contribution in [2.75, 3.05) is 0 Å². The van der Waals surface area contributed by atoms with Gasteiger partial charge in [-0.2, -0.15) is 0 Å². The van der Waals surface area contributed by atoms with Crippen LogP contribution in [-0.4, -0.2) is 42.8 Å². The average molecular weight is 737 g/mol. The van der Waals surface area contributed by atoms with Gasteiger partial charge in [-0.15, -0.1) is 0 Å². The summed E-state index contributed by atoms with van der Waals surface area (Å²) in [7, 11) is 0. The van der Waals surface area contributed by atoms with E-state index in [9.17, 15) is 20.4 Å². The van der Waals surface area contributed by atoms with Crippen LogP contribution < -0.4 is 0 Å². The third-order valence-electron chi connectivity index (χ3n) is 2.97. The van der Waals surface area contributed by atoms with Crippen molar-refractivity contribution >= 4 is 0 Å². The van der Waals surface area contributed by atoms with Crippen LogP contribution in [0.2, 0.25) is 0 Å². The Morgan fingerprint density at radius 1 is 0.233 bits per heavy atom. The van der Waals surface area contributed by atoms with E-state index in [1.165, 1.54) is 0 Å². The fourth-order valence-corrected chi connectivity index (χ4v) is 1.36. The summed E-state index contributed by atoms with van der Waals surface area (Å²) in [6, 6.07) is 0. The molecule has 0 aliphatic rings. The topological polar surface area (TPSA) is 80.9 Å². The second-order valence-electron chi connectivity index (χ2n) is 16.2. The number of hydrogen-bond donors (Lipinski definition) is 4. The van der Waals surface area contributed by atoms with Gasteiger partial charge in [0, 0.05) is 71.1 Å². The summed E-state index contributed by atoms with van der Waals surface area (Å²) in [5, 5.41) is 36.8. The van der Waals surface area contributed by atoms with Crippen molar-refractivity contribution in [1.82, 2.24) is 0 Å². The second-order valence-corrected chi connectivity index (χ2v) is 16.2. The Morgan fingerprint density at radius 3 is 0.349 bits per heavy atom. The minimum absolute atomic E-state index is 0. The minimum atomic E-state index is -0.854. The van der Waals surface area contributed by atoms with Crippen LogP contribution in [0.5, 0.6) is 0 Å². The Bertz CT molecular complexity index is 735. The van der Waals surface area contributed by atoms with Gasteiger partial charge in [0.15, 0.2) is 0 Å². The van der Waals surface area contributed by atoms with Gasteiger partial charge in [0.2, 0.25) is 0 Å². The summed E-state index contributed by atoms with van der Waals surface area (Å²) in [6.45, 7) is 37.7. The molecule has 0 spiro atoms. The molecule has 0 heterocycles. The third-order valence-corrected chi connectivity index (χ3v) is 2.97. The first kappa shape index (κ1) is 58.1. The molecule has 7 heteroatoms. The first-order valence-corrected chi connectivity index (χ1v) is 13.9. The predicted molar refractivity (Wildman–Crippen MR) is 174 cm³/mol. The zero-order valence-electron chi connectivity index (χ0n) is 30.7. The minimum Gasteiger partial charge on any atom is -0.378 e. The van der Waals surface area contributed by atoms with Crippen LogP contribution in [0.15, 0.2) is 0 Å². The van der Waals surface area contributed by atoms with Crippen molar-refractivity contribution in [1.29, 1.82) is 0 Å².